The van der Waals surface area contributed by atoms with E-state index in [0.717, 1.165) is 59.6 Å². The van der Waals surface area contributed by atoms with Crippen LogP contribution in [0.25, 0.3) is 0 Å². The van der Waals surface area contributed by atoms with E-state index < -0.39 is 21.5 Å². The van der Waals surface area contributed by atoms with Crippen LogP contribution in [0.1, 0.15) is 0 Å². The molecule has 0 aliphatic heterocycles. The van der Waals surface area contributed by atoms with Gasteiger partial charge in [-0.25, -0.2) is 0 Å². The zero-order chi connectivity index (χ0) is 21.3. The van der Waals surface area contributed by atoms with Crippen molar-refractivity contribution in [3.63, 3.8) is 0 Å². The molecule has 0 amide bonds. The monoisotopic (exact) mass is 613 g/mol. The Bertz CT molecular complexity index is 890. The van der Waals surface area contributed by atoms with Crippen LogP contribution in [0.15, 0.2) is 0 Å². The van der Waals surface area contributed by atoms with Gasteiger partial charge in [0.15, 0.2) is 0 Å². The average Bonchev–Trinajstić information content (AvgIpc) is 2.77. The van der Waals surface area contributed by atoms with Crippen molar-refractivity contribution in [3.05, 3.63) is 0 Å². The van der Waals surface area contributed by atoms with Crippen LogP contribution >= 0.6 is 0 Å². The Kier molecular flexibility index (Phi) is 11.4. The molecule has 0 rings (SSSR count). The van der Waals surface area contributed by atoms with Crippen LogP contribution in [-0.2, 0) is 72.7 Å². The second kappa shape index (κ2) is 9.11. The van der Waals surface area contributed by atoms with E-state index in [0.29, 0.717) is 0 Å². The van der Waals surface area contributed by atoms with Crippen molar-refractivity contribution < 1.29 is 72.7 Å². The smallest absolute Gasteiger partial charge is 2.00 e. The van der Waals surface area contributed by atoms with Gasteiger partial charge in [-0.05, 0) is 0 Å². The summed E-state index contributed by atoms with van der Waals surface area (Å²) in [5.41, 5.74) is 0. The van der Waals surface area contributed by atoms with Gasteiger partial charge in [0, 0.05) is 0 Å². The number of nitriles is 12. The van der Waals surface area contributed by atoms with Gasteiger partial charge in [0.2, 0.25) is 0 Å². The van der Waals surface area contributed by atoms with E-state index in [4.69, 9.17) is 63.1 Å². The standard InChI is InChI=1S/12CN.3Cu.2Fe/c12*1-2;;;;;/q;;;;;;;;;;;;3*+2;2*-3. The van der Waals surface area contributed by atoms with Gasteiger partial charge in [-0.2, -0.15) is 0 Å². The van der Waals surface area contributed by atoms with Crippen molar-refractivity contribution in [2.75, 3.05) is 0 Å². The van der Waals surface area contributed by atoms with Crippen LogP contribution in [0, 0.1) is 123 Å². The predicted octanol–water partition coefficient (Wildman–Crippen LogP) is 0.189. The fraction of sp³-hybridized carbons (Fsp3) is 0. The molecule has 0 aromatic carbocycles. The van der Waals surface area contributed by atoms with Crippen molar-refractivity contribution in [2.24, 2.45) is 0 Å². The van der Waals surface area contributed by atoms with E-state index in [9.17, 15) is 0 Å². The molecular weight excluding hydrogens is 615 g/mol. The summed E-state index contributed by atoms with van der Waals surface area (Å²) in [5.74, 6) is 0. The van der Waals surface area contributed by atoms with Gasteiger partial charge in [0.25, 0.3) is 0 Å². The van der Waals surface area contributed by atoms with Gasteiger partial charge < -0.3 is 0 Å². The first kappa shape index (κ1) is 36.4. The van der Waals surface area contributed by atoms with Crippen LogP contribution in [0.3, 0.4) is 0 Å². The molecule has 0 atom stereocenters. The largest absolute Gasteiger partial charge is 2.00 e. The van der Waals surface area contributed by atoms with Gasteiger partial charge >= 0.3 is 195 Å². The summed E-state index contributed by atoms with van der Waals surface area (Å²) in [6.07, 6.45) is 0. The Hall–Kier alpha value is -3.52. The molecule has 0 N–H and O–H groups in total. The fourth-order valence-corrected chi connectivity index (χ4v) is 2.19. The normalized spacial score (nSPS) is 12.0. The average molecular weight is 615 g/mol. The molecule has 0 saturated carbocycles. The summed E-state index contributed by atoms with van der Waals surface area (Å²) in [7, 11) is -12.3. The third-order valence-corrected chi connectivity index (χ3v) is 9.78. The number of hydrogen-bond donors (Lipinski definition) is 0. The molecule has 0 bridgehead atoms. The molecule has 29 heavy (non-hydrogen) atoms. The molecule has 0 saturated heterocycles. The topological polar surface area (TPSA) is 285 Å². The molecule has 0 heterocycles. The quantitative estimate of drug-likeness (QED) is 0.330. The molecule has 0 fully saturated rings. The maximum absolute atomic E-state index is 8.58. The first-order valence-corrected chi connectivity index (χ1v) is 11.4. The predicted molar refractivity (Wildman–Crippen MR) is 67.4 cm³/mol. The zero-order valence-corrected chi connectivity index (χ0v) is 18.0. The summed E-state index contributed by atoms with van der Waals surface area (Å²) in [6.45, 7) is 0. The van der Waals surface area contributed by atoms with Gasteiger partial charge in [-0.15, -0.1) is 0 Å². The molecule has 0 unspecified atom stereocenters. The number of hydrogen-bond acceptors (Lipinski definition) is 12. The Morgan fingerprint density at radius 1 is 0.241 bits per heavy atom. The second-order valence-electron chi connectivity index (χ2n) is 3.60. The molecule has 0 spiro atoms. The van der Waals surface area contributed by atoms with Crippen molar-refractivity contribution in [3.8, 4) is 59.6 Å². The van der Waals surface area contributed by atoms with E-state index >= 15 is 0 Å². The molecule has 0 aliphatic rings. The SMILES string of the molecule is N#[C][Fe-3]([C]#N)([C]#N)([C]#N)([C]#N)[C]#N.N#[C][Fe-3]([C]#N)([C]#N)([C]#N)([C]#N)[C]#N.[Cu+2].[Cu+2].[Cu+2]. The maximum Gasteiger partial charge on any atom is 2.00 e. The second-order valence-corrected chi connectivity index (χ2v) is 14.8. The minimum atomic E-state index is -6.17. The molecule has 3 radical (unpaired) electrons. The first-order chi connectivity index (χ1) is 11.9. The van der Waals surface area contributed by atoms with E-state index in [1.165, 1.54) is 0 Å². The van der Waals surface area contributed by atoms with Crippen LogP contribution in [0.4, 0.5) is 0 Å². The molecule has 0 aromatic rings. The molecule has 0 aromatic heterocycles. The molecule has 17 heteroatoms. The Labute approximate surface area is 194 Å². The van der Waals surface area contributed by atoms with Gasteiger partial charge in [-0.1, -0.05) is 0 Å². The number of rotatable bonds is 0. The third kappa shape index (κ3) is 3.88. The Balaban J connectivity index is -0.000000120. The van der Waals surface area contributed by atoms with Crippen LogP contribution in [0.2, 0.25) is 0 Å². The number of nitrogens with zero attached hydrogens (tertiary/aromatic N) is 12. The van der Waals surface area contributed by atoms with Crippen molar-refractivity contribution in [1.29, 1.82) is 63.1 Å². The molecule has 12 nitrogen and oxygen atoms in total. The Morgan fingerprint density at radius 3 is 0.310 bits per heavy atom. The molecule has 0 aliphatic carbocycles. The van der Waals surface area contributed by atoms with Gasteiger partial charge in [0.1, 0.15) is 0 Å². The van der Waals surface area contributed by atoms with E-state index in [2.05, 4.69) is 0 Å². The van der Waals surface area contributed by atoms with Gasteiger partial charge in [0.05, 0.1) is 0 Å². The minimum absolute atomic E-state index is 0. The summed E-state index contributed by atoms with van der Waals surface area (Å²) < 4.78 is 0. The van der Waals surface area contributed by atoms with Crippen LogP contribution in [-0.4, -0.2) is 0 Å². The van der Waals surface area contributed by atoms with Crippen molar-refractivity contribution in [2.45, 2.75) is 0 Å². The molecular formula is C12Cu3Fe2N12. The van der Waals surface area contributed by atoms with Gasteiger partial charge in [-0.3, -0.25) is 0 Å². The third-order valence-electron chi connectivity index (χ3n) is 2.37. The van der Waals surface area contributed by atoms with Crippen molar-refractivity contribution >= 4 is 0 Å². The maximum atomic E-state index is 8.58. The summed E-state index contributed by atoms with van der Waals surface area (Å²) in [6, 6.07) is 0. The summed E-state index contributed by atoms with van der Waals surface area (Å²) in [5, 5.41) is 103. The summed E-state index contributed by atoms with van der Waals surface area (Å²) >= 11 is 0. The summed E-state index contributed by atoms with van der Waals surface area (Å²) in [4.78, 5) is 12.4. The van der Waals surface area contributed by atoms with E-state index in [1.54, 1.807) is 0 Å². The van der Waals surface area contributed by atoms with E-state index in [-0.39, 0.29) is 51.2 Å². The van der Waals surface area contributed by atoms with E-state index in [1.807, 2.05) is 0 Å². The Morgan fingerprint density at radius 2 is 0.310 bits per heavy atom. The minimum Gasteiger partial charge on any atom is 2.00 e. The van der Waals surface area contributed by atoms with Crippen molar-refractivity contribution in [1.82, 2.24) is 0 Å². The fourth-order valence-electron chi connectivity index (χ4n) is 0.530. The zero-order valence-electron chi connectivity index (χ0n) is 13.0. The first-order valence-electron chi connectivity index (χ1n) is 4.80. The van der Waals surface area contributed by atoms with Crippen LogP contribution < -0.4 is 0 Å². The molecule has 157 valence electrons. The van der Waals surface area contributed by atoms with Crippen LogP contribution in [0.5, 0.6) is 0 Å².